The predicted octanol–water partition coefficient (Wildman–Crippen LogP) is 4.09. The number of esters is 1. The van der Waals surface area contributed by atoms with E-state index in [4.69, 9.17) is 9.73 Å². The summed E-state index contributed by atoms with van der Waals surface area (Å²) in [6.07, 6.45) is 2.63. The Morgan fingerprint density at radius 1 is 1.08 bits per heavy atom. The summed E-state index contributed by atoms with van der Waals surface area (Å²) >= 11 is 0. The average Bonchev–Trinajstić information content (AvgIpc) is 2.98. The van der Waals surface area contributed by atoms with Gasteiger partial charge in [-0.05, 0) is 30.5 Å². The molecule has 0 bridgehead atoms. The van der Waals surface area contributed by atoms with E-state index in [2.05, 4.69) is 0 Å². The highest BCUT2D eigenvalue weighted by molar-refractivity contribution is 6.19. The second-order valence-electron chi connectivity index (χ2n) is 6.12. The lowest BCUT2D eigenvalue weighted by atomic mass is 9.76. The smallest absolute Gasteiger partial charge is 0.322 e. The molecule has 0 fully saturated rings. The van der Waals surface area contributed by atoms with Crippen LogP contribution in [-0.4, -0.2) is 18.8 Å². The van der Waals surface area contributed by atoms with E-state index in [-0.39, 0.29) is 5.97 Å². The first-order valence-corrected chi connectivity index (χ1v) is 8.07. The normalized spacial score (nSPS) is 21.6. The van der Waals surface area contributed by atoms with E-state index in [1.54, 1.807) is 0 Å². The molecule has 0 N–H and O–H groups in total. The molecular weight excluding hydrogens is 298 g/mol. The molecule has 3 heteroatoms. The molecule has 1 atom stereocenters. The molecule has 0 aliphatic heterocycles. The van der Waals surface area contributed by atoms with Crippen LogP contribution < -0.4 is 0 Å². The maximum absolute atomic E-state index is 12.8. The van der Waals surface area contributed by atoms with E-state index in [0.717, 1.165) is 22.4 Å². The van der Waals surface area contributed by atoms with Crippen LogP contribution in [0.3, 0.4) is 0 Å². The van der Waals surface area contributed by atoms with Gasteiger partial charge in [0.05, 0.1) is 19.4 Å². The van der Waals surface area contributed by atoms with Crippen LogP contribution in [-0.2, 0) is 21.5 Å². The van der Waals surface area contributed by atoms with E-state index in [9.17, 15) is 4.79 Å². The predicted molar refractivity (Wildman–Crippen MR) is 96.1 cm³/mol. The van der Waals surface area contributed by atoms with E-state index < -0.39 is 5.41 Å². The van der Waals surface area contributed by atoms with Crippen molar-refractivity contribution in [1.29, 1.82) is 0 Å². The van der Waals surface area contributed by atoms with Crippen LogP contribution in [0, 0.1) is 0 Å². The van der Waals surface area contributed by atoms with Gasteiger partial charge in [-0.3, -0.25) is 9.79 Å². The molecule has 3 rings (SSSR count). The highest BCUT2D eigenvalue weighted by Gasteiger charge is 2.48. The molecule has 0 radical (unpaired) electrons. The zero-order chi connectivity index (χ0) is 17.0. The largest absolute Gasteiger partial charge is 0.468 e. The molecule has 0 saturated carbocycles. The lowest BCUT2D eigenvalue weighted by Crippen LogP contribution is -2.41. The van der Waals surface area contributed by atoms with Gasteiger partial charge in [0.1, 0.15) is 5.41 Å². The first-order valence-electron chi connectivity index (χ1n) is 8.07. The van der Waals surface area contributed by atoms with Crippen LogP contribution in [0.5, 0.6) is 0 Å². The topological polar surface area (TPSA) is 38.7 Å². The molecule has 0 heterocycles. The van der Waals surface area contributed by atoms with E-state index in [1.807, 2.05) is 73.7 Å². The lowest BCUT2D eigenvalue weighted by Gasteiger charge is -2.28. The fourth-order valence-electron chi connectivity index (χ4n) is 3.30. The fourth-order valence-corrected chi connectivity index (χ4v) is 3.30. The van der Waals surface area contributed by atoms with Crippen molar-refractivity contribution in [2.24, 2.45) is 4.99 Å². The molecule has 0 saturated heterocycles. The third-order valence-corrected chi connectivity index (χ3v) is 4.44. The van der Waals surface area contributed by atoms with Gasteiger partial charge in [0.2, 0.25) is 0 Å². The number of methoxy groups -OCH3 is 1. The van der Waals surface area contributed by atoms with Crippen LogP contribution in [0.2, 0.25) is 0 Å². The van der Waals surface area contributed by atoms with E-state index in [0.29, 0.717) is 13.0 Å². The zero-order valence-electron chi connectivity index (χ0n) is 14.0. The number of hydrogen-bond donors (Lipinski definition) is 0. The molecule has 122 valence electrons. The molecule has 0 spiro atoms. The van der Waals surface area contributed by atoms with Crippen molar-refractivity contribution in [3.63, 3.8) is 0 Å². The number of allylic oxidation sites excluding steroid dienone is 2. The number of aliphatic imine (C=N–C) groups is 1. The van der Waals surface area contributed by atoms with Gasteiger partial charge in [0.15, 0.2) is 0 Å². The number of ether oxygens (including phenoxy) is 1. The molecule has 1 aliphatic carbocycles. The van der Waals surface area contributed by atoms with Crippen LogP contribution in [0.1, 0.15) is 24.5 Å². The molecule has 1 aliphatic rings. The Balaban J connectivity index is 2.05. The van der Waals surface area contributed by atoms with Gasteiger partial charge >= 0.3 is 5.97 Å². The summed E-state index contributed by atoms with van der Waals surface area (Å²) in [5, 5.41) is 0. The van der Waals surface area contributed by atoms with Gasteiger partial charge in [0, 0.05) is 0 Å². The van der Waals surface area contributed by atoms with Crippen molar-refractivity contribution in [2.45, 2.75) is 25.3 Å². The van der Waals surface area contributed by atoms with Crippen molar-refractivity contribution < 1.29 is 9.53 Å². The van der Waals surface area contributed by atoms with Gasteiger partial charge in [0.25, 0.3) is 0 Å². The summed E-state index contributed by atoms with van der Waals surface area (Å²) in [6, 6.07) is 19.8. The third-order valence-electron chi connectivity index (χ3n) is 4.44. The van der Waals surface area contributed by atoms with Crippen LogP contribution >= 0.6 is 0 Å². The second kappa shape index (κ2) is 6.83. The van der Waals surface area contributed by atoms with Crippen LogP contribution in [0.4, 0.5) is 0 Å². The van der Waals surface area contributed by atoms with Gasteiger partial charge in [-0.2, -0.15) is 0 Å². The Labute approximate surface area is 142 Å². The van der Waals surface area contributed by atoms with E-state index in [1.165, 1.54) is 7.11 Å². The van der Waals surface area contributed by atoms with Crippen molar-refractivity contribution >= 4 is 11.7 Å². The number of rotatable bonds is 4. The lowest BCUT2D eigenvalue weighted by molar-refractivity contribution is -0.144. The minimum Gasteiger partial charge on any atom is -0.468 e. The second-order valence-corrected chi connectivity index (χ2v) is 6.12. The molecule has 2 aromatic rings. The molecule has 3 nitrogen and oxygen atoms in total. The SMILES string of the molecule is COC(=O)C1(c2ccccc2)CC(C)=CC1=NCc1ccccc1. The molecule has 1 unspecified atom stereocenters. The van der Waals surface area contributed by atoms with Gasteiger partial charge in [-0.15, -0.1) is 0 Å². The number of hydrogen-bond acceptors (Lipinski definition) is 3. The van der Waals surface area contributed by atoms with Gasteiger partial charge in [-0.25, -0.2) is 0 Å². The summed E-state index contributed by atoms with van der Waals surface area (Å²) in [7, 11) is 1.44. The Morgan fingerprint density at radius 3 is 2.33 bits per heavy atom. The first-order chi connectivity index (χ1) is 11.7. The summed E-state index contributed by atoms with van der Waals surface area (Å²) in [5.41, 5.74) is 3.12. The molecule has 0 amide bonds. The Hall–Kier alpha value is -2.68. The Bertz CT molecular complexity index is 778. The molecule has 24 heavy (non-hydrogen) atoms. The van der Waals surface area contributed by atoms with E-state index >= 15 is 0 Å². The summed E-state index contributed by atoms with van der Waals surface area (Å²) in [4.78, 5) is 17.5. The van der Waals surface area contributed by atoms with Crippen LogP contribution in [0.25, 0.3) is 0 Å². The van der Waals surface area contributed by atoms with Crippen molar-refractivity contribution in [3.8, 4) is 0 Å². The number of benzene rings is 2. The third kappa shape index (κ3) is 2.90. The zero-order valence-corrected chi connectivity index (χ0v) is 14.0. The maximum atomic E-state index is 12.8. The first kappa shape index (κ1) is 16.2. The molecule has 0 aromatic heterocycles. The number of carbonyl (C=O) groups excluding carboxylic acids is 1. The highest BCUT2D eigenvalue weighted by atomic mass is 16.5. The van der Waals surface area contributed by atoms with Gasteiger partial charge in [-0.1, -0.05) is 66.2 Å². The maximum Gasteiger partial charge on any atom is 0.322 e. The minimum absolute atomic E-state index is 0.256. The Morgan fingerprint density at radius 2 is 1.71 bits per heavy atom. The highest BCUT2D eigenvalue weighted by Crippen LogP contribution is 2.40. The summed E-state index contributed by atoms with van der Waals surface area (Å²) < 4.78 is 5.17. The monoisotopic (exact) mass is 319 g/mol. The van der Waals surface area contributed by atoms with Gasteiger partial charge < -0.3 is 4.74 Å². The Kier molecular flexibility index (Phi) is 4.61. The minimum atomic E-state index is -0.838. The summed E-state index contributed by atoms with van der Waals surface area (Å²) in [5.74, 6) is -0.256. The van der Waals surface area contributed by atoms with Crippen molar-refractivity contribution in [1.82, 2.24) is 0 Å². The fraction of sp³-hybridized carbons (Fsp3) is 0.238. The van der Waals surface area contributed by atoms with Crippen molar-refractivity contribution in [2.75, 3.05) is 7.11 Å². The summed E-state index contributed by atoms with van der Waals surface area (Å²) in [6.45, 7) is 2.58. The number of carbonyl (C=O) groups is 1. The standard InChI is InChI=1S/C21H21NO2/c1-16-13-19(22-15-17-9-5-3-6-10-17)21(14-16,20(23)24-2)18-11-7-4-8-12-18/h3-13H,14-15H2,1-2H3. The van der Waals surface area contributed by atoms with Crippen molar-refractivity contribution in [3.05, 3.63) is 83.4 Å². The number of nitrogens with zero attached hydrogens (tertiary/aromatic N) is 1. The quantitative estimate of drug-likeness (QED) is 0.796. The average molecular weight is 319 g/mol. The molecular formula is C21H21NO2. The molecule has 2 aromatic carbocycles. The van der Waals surface area contributed by atoms with Crippen LogP contribution in [0.15, 0.2) is 77.3 Å².